The van der Waals surface area contributed by atoms with Crippen LogP contribution in [0.15, 0.2) is 0 Å². The highest BCUT2D eigenvalue weighted by Crippen LogP contribution is 2.17. The summed E-state index contributed by atoms with van der Waals surface area (Å²) in [7, 11) is 1.93. The van der Waals surface area contributed by atoms with E-state index in [0.717, 1.165) is 43.1 Å². The van der Waals surface area contributed by atoms with Crippen LogP contribution < -0.4 is 4.72 Å². The van der Waals surface area contributed by atoms with Crippen molar-refractivity contribution in [1.82, 2.24) is 4.72 Å². The number of hydrogen-bond acceptors (Lipinski definition) is 4. The molecular weight excluding hydrogens is 256 g/mol. The van der Waals surface area contributed by atoms with Gasteiger partial charge in [-0.2, -0.15) is 0 Å². The molecule has 6 nitrogen and oxygen atoms in total. The van der Waals surface area contributed by atoms with Gasteiger partial charge in [-0.15, -0.1) is 0 Å². The van der Waals surface area contributed by atoms with Crippen molar-refractivity contribution in [2.75, 3.05) is 34.3 Å². The largest absolute Gasteiger partial charge is 0.735 e. The van der Waals surface area contributed by atoms with Crippen molar-refractivity contribution in [3.05, 3.63) is 0 Å². The highest BCUT2D eigenvalue weighted by atomic mass is 32.2. The molecule has 7 heteroatoms. The van der Waals surface area contributed by atoms with E-state index in [1.54, 1.807) is 0 Å². The van der Waals surface area contributed by atoms with Gasteiger partial charge in [0.25, 0.3) is 0 Å². The Kier molecular flexibility index (Phi) is 7.97. The van der Waals surface area contributed by atoms with Crippen LogP contribution in [0.4, 0.5) is 0 Å². The number of likely N-dealkylation sites (N-methyl/N-ethyl adjacent to an activating group) is 1. The van der Waals surface area contributed by atoms with Crippen molar-refractivity contribution in [1.29, 1.82) is 0 Å². The van der Waals surface area contributed by atoms with Crippen LogP contribution in [0.25, 0.3) is 0 Å². The van der Waals surface area contributed by atoms with Gasteiger partial charge >= 0.3 is 0 Å². The summed E-state index contributed by atoms with van der Waals surface area (Å²) in [5.74, 6) is 0. The zero-order valence-corrected chi connectivity index (χ0v) is 12.4. The fourth-order valence-electron chi connectivity index (χ4n) is 1.72. The van der Waals surface area contributed by atoms with Gasteiger partial charge in [0.15, 0.2) is 10.3 Å². The third-order valence-electron chi connectivity index (χ3n) is 2.69. The number of aliphatic hydroxyl groups is 1. The molecule has 0 spiro atoms. The Morgan fingerprint density at radius 2 is 1.72 bits per heavy atom. The van der Waals surface area contributed by atoms with Gasteiger partial charge in [-0.1, -0.05) is 19.3 Å². The second-order valence-corrected chi connectivity index (χ2v) is 6.79. The maximum absolute atomic E-state index is 10.2. The summed E-state index contributed by atoms with van der Waals surface area (Å²) in [5, 5.41) is 8.39. The fraction of sp³-hybridized carbons (Fsp3) is 1.00. The molecule has 0 amide bonds. The maximum atomic E-state index is 10.2. The number of nitrogens with one attached hydrogen (secondary N) is 1. The summed E-state index contributed by atoms with van der Waals surface area (Å²) in [4.78, 5) is 0. The Bertz CT molecular complexity index is 305. The summed E-state index contributed by atoms with van der Waals surface area (Å²) < 4.78 is 33.6. The molecule has 1 rings (SSSR count). The Hall–Kier alpha value is -0.210. The first-order chi connectivity index (χ1) is 8.14. The quantitative estimate of drug-likeness (QED) is 0.563. The molecule has 0 bridgehead atoms. The lowest BCUT2D eigenvalue weighted by molar-refractivity contribution is -0.870. The van der Waals surface area contributed by atoms with E-state index < -0.39 is 10.3 Å². The van der Waals surface area contributed by atoms with Gasteiger partial charge in [-0.25, -0.2) is 13.1 Å². The van der Waals surface area contributed by atoms with E-state index in [-0.39, 0.29) is 12.6 Å². The van der Waals surface area contributed by atoms with Gasteiger partial charge in [0.05, 0.1) is 27.7 Å². The predicted octanol–water partition coefficient (Wildman–Crippen LogP) is 0.0538. The number of nitrogens with zero attached hydrogens (tertiary/aromatic N) is 1. The first-order valence-electron chi connectivity index (χ1n) is 6.28. The summed E-state index contributed by atoms with van der Waals surface area (Å²) in [6.45, 7) is 1.11. The zero-order chi connectivity index (χ0) is 14.2. The molecule has 1 aliphatic carbocycles. The molecule has 0 atom stereocenters. The normalized spacial score (nSPS) is 18.1. The Balaban J connectivity index is 0.000000360. The van der Waals surface area contributed by atoms with E-state index in [4.69, 9.17) is 5.11 Å². The van der Waals surface area contributed by atoms with E-state index >= 15 is 0 Å². The molecule has 0 saturated heterocycles. The van der Waals surface area contributed by atoms with Crippen LogP contribution in [0.1, 0.15) is 32.1 Å². The maximum Gasteiger partial charge on any atom is 0.159 e. The van der Waals surface area contributed by atoms with Crippen LogP contribution in [0, 0.1) is 0 Å². The van der Waals surface area contributed by atoms with Crippen molar-refractivity contribution in [3.8, 4) is 0 Å². The highest BCUT2D eigenvalue weighted by molar-refractivity contribution is 7.83. The van der Waals surface area contributed by atoms with E-state index in [1.165, 1.54) is 0 Å². The van der Waals surface area contributed by atoms with Crippen LogP contribution >= 0.6 is 0 Å². The minimum absolute atomic E-state index is 0.105. The molecule has 18 heavy (non-hydrogen) atoms. The first-order valence-corrected chi connectivity index (χ1v) is 7.69. The minimum atomic E-state index is -4.22. The molecule has 0 heterocycles. The van der Waals surface area contributed by atoms with Crippen LogP contribution in [-0.4, -0.2) is 62.9 Å². The topological polar surface area (TPSA) is 89.5 Å². The zero-order valence-electron chi connectivity index (χ0n) is 11.6. The molecule has 1 fully saturated rings. The number of aliphatic hydroxyl groups excluding tert-OH is 1. The van der Waals surface area contributed by atoms with Crippen molar-refractivity contribution in [3.63, 3.8) is 0 Å². The summed E-state index contributed by atoms with van der Waals surface area (Å²) in [6.07, 6.45) is 4.81. The molecule has 1 saturated carbocycles. The minimum Gasteiger partial charge on any atom is -0.735 e. The SMILES string of the molecule is C[N+](C)(C)CCO.O=S(=O)([O-])NC1CCCCC1. The van der Waals surface area contributed by atoms with Gasteiger partial charge < -0.3 is 14.1 Å². The smallest absolute Gasteiger partial charge is 0.159 e. The summed E-state index contributed by atoms with van der Waals surface area (Å²) in [6, 6.07) is -0.105. The highest BCUT2D eigenvalue weighted by Gasteiger charge is 2.14. The molecule has 2 N–H and O–H groups in total. The molecule has 0 aromatic carbocycles. The monoisotopic (exact) mass is 282 g/mol. The summed E-state index contributed by atoms with van der Waals surface area (Å²) in [5.41, 5.74) is 0. The molecule has 1 aliphatic rings. The van der Waals surface area contributed by atoms with Crippen molar-refractivity contribution in [2.45, 2.75) is 38.1 Å². The Morgan fingerprint density at radius 1 is 1.22 bits per heavy atom. The molecule has 0 aromatic rings. The lowest BCUT2D eigenvalue weighted by Gasteiger charge is -2.23. The number of hydrogen-bond donors (Lipinski definition) is 2. The third kappa shape index (κ3) is 12.3. The molecular formula is C11H26N2O4S. The number of quaternary nitrogens is 1. The van der Waals surface area contributed by atoms with E-state index in [2.05, 4.69) is 25.9 Å². The van der Waals surface area contributed by atoms with Crippen LogP contribution in [-0.2, 0) is 10.3 Å². The molecule has 110 valence electrons. The number of rotatable bonds is 4. The lowest BCUT2D eigenvalue weighted by atomic mass is 9.96. The van der Waals surface area contributed by atoms with Gasteiger partial charge in [-0.3, -0.25) is 0 Å². The van der Waals surface area contributed by atoms with Crippen molar-refractivity contribution >= 4 is 10.3 Å². The van der Waals surface area contributed by atoms with E-state index in [9.17, 15) is 13.0 Å². The molecule has 0 unspecified atom stereocenters. The predicted molar refractivity (Wildman–Crippen MR) is 69.7 cm³/mol. The standard InChI is InChI=1S/C6H13NO3S.C5H14NO/c8-11(9,10)7-6-4-2-1-3-5-6;1-6(2,3)4-5-7/h6-7H,1-5H2,(H,8,9,10);7H,4-5H2,1-3H3/q;+1/p-1. The van der Waals surface area contributed by atoms with Gasteiger partial charge in [-0.05, 0) is 12.8 Å². The third-order valence-corrected chi connectivity index (χ3v) is 3.31. The van der Waals surface area contributed by atoms with Crippen LogP contribution in [0.3, 0.4) is 0 Å². The van der Waals surface area contributed by atoms with Crippen molar-refractivity contribution < 1.29 is 22.6 Å². The van der Waals surface area contributed by atoms with E-state index in [0.29, 0.717) is 0 Å². The van der Waals surface area contributed by atoms with Crippen LogP contribution in [0.2, 0.25) is 0 Å². The molecule has 0 aliphatic heterocycles. The average Bonchev–Trinajstić information content (AvgIpc) is 2.15. The first kappa shape index (κ1) is 17.8. The fourth-order valence-corrected chi connectivity index (χ4v) is 2.37. The van der Waals surface area contributed by atoms with Gasteiger partial charge in [0.2, 0.25) is 0 Å². The average molecular weight is 282 g/mol. The van der Waals surface area contributed by atoms with Crippen molar-refractivity contribution in [2.24, 2.45) is 0 Å². The molecule has 0 radical (unpaired) electrons. The van der Waals surface area contributed by atoms with Crippen LogP contribution in [0.5, 0.6) is 0 Å². The second-order valence-electron chi connectivity index (χ2n) is 5.64. The summed E-state index contributed by atoms with van der Waals surface area (Å²) >= 11 is 0. The van der Waals surface area contributed by atoms with Gasteiger partial charge in [0, 0.05) is 6.04 Å². The van der Waals surface area contributed by atoms with E-state index in [1.807, 2.05) is 0 Å². The Labute approximate surface area is 110 Å². The van der Waals surface area contributed by atoms with Gasteiger partial charge in [0.1, 0.15) is 6.54 Å². The second kappa shape index (κ2) is 8.06. The Morgan fingerprint density at radius 3 is 2.00 bits per heavy atom. The molecule has 0 aromatic heterocycles. The lowest BCUT2D eigenvalue weighted by Crippen LogP contribution is -2.36.